The number of methoxy groups -OCH3 is 1. The molecule has 5 rings (SSSR count). The number of benzene rings is 1. The van der Waals surface area contributed by atoms with Crippen LogP contribution in [0.5, 0.6) is 0 Å². The molecule has 3 aromatic rings. The molecule has 2 atom stereocenters. The van der Waals surface area contributed by atoms with E-state index in [-0.39, 0.29) is 35.2 Å². The second kappa shape index (κ2) is 11.6. The summed E-state index contributed by atoms with van der Waals surface area (Å²) in [5, 5.41) is 9.23. The molecule has 41 heavy (non-hydrogen) atoms. The number of pyridine rings is 1. The van der Waals surface area contributed by atoms with Crippen LogP contribution in [0.4, 0.5) is 22.0 Å². The van der Waals surface area contributed by atoms with Gasteiger partial charge in [-0.25, -0.2) is 14.8 Å². The Morgan fingerprint density at radius 3 is 2.88 bits per heavy atom. The normalized spacial score (nSPS) is 20.7. The van der Waals surface area contributed by atoms with Crippen molar-refractivity contribution in [1.29, 1.82) is 0 Å². The van der Waals surface area contributed by atoms with Gasteiger partial charge in [0.1, 0.15) is 22.5 Å². The van der Waals surface area contributed by atoms with E-state index in [2.05, 4.69) is 30.7 Å². The number of amides is 3. The second-order valence-corrected chi connectivity index (χ2v) is 10.6. The number of aromatic nitrogens is 3. The highest BCUT2D eigenvalue weighted by Crippen LogP contribution is 2.52. The summed E-state index contributed by atoms with van der Waals surface area (Å²) in [6, 6.07) is 6.41. The summed E-state index contributed by atoms with van der Waals surface area (Å²) in [6.45, 7) is 0. The predicted octanol–water partition coefficient (Wildman–Crippen LogP) is 5.06. The number of halogens is 2. The fraction of sp³-hybridized carbons (Fsp3) is 0.250. The van der Waals surface area contributed by atoms with E-state index in [1.54, 1.807) is 30.3 Å². The molecular weight excluding hydrogens is 569 g/mol. The van der Waals surface area contributed by atoms with Crippen molar-refractivity contribution in [1.82, 2.24) is 20.3 Å². The Labute approximate surface area is 245 Å². The molecule has 212 valence electrons. The van der Waals surface area contributed by atoms with Crippen molar-refractivity contribution in [2.45, 2.75) is 37.1 Å². The smallest absolute Gasteiger partial charge is 0.411 e. The molecule has 0 radical (unpaired) electrons. The van der Waals surface area contributed by atoms with Gasteiger partial charge in [-0.1, -0.05) is 35.4 Å². The number of carbonyl (C=O) groups is 3. The van der Waals surface area contributed by atoms with Crippen LogP contribution in [0, 0.1) is 0 Å². The lowest BCUT2D eigenvalue weighted by molar-refractivity contribution is -0.117. The van der Waals surface area contributed by atoms with Gasteiger partial charge in [0.2, 0.25) is 11.8 Å². The van der Waals surface area contributed by atoms with Gasteiger partial charge in [0.25, 0.3) is 0 Å². The van der Waals surface area contributed by atoms with Gasteiger partial charge >= 0.3 is 6.09 Å². The lowest BCUT2D eigenvalue weighted by Crippen LogP contribution is -2.30. The Morgan fingerprint density at radius 2 is 2.07 bits per heavy atom. The number of anilines is 3. The molecule has 2 aliphatic rings. The molecule has 2 aromatic heterocycles. The highest BCUT2D eigenvalue weighted by molar-refractivity contribution is 6.32. The molecule has 1 aliphatic carbocycles. The van der Waals surface area contributed by atoms with Gasteiger partial charge in [-0.15, -0.1) is 0 Å². The highest BCUT2D eigenvalue weighted by Gasteiger charge is 2.57. The highest BCUT2D eigenvalue weighted by atomic mass is 35.5. The van der Waals surface area contributed by atoms with Crippen LogP contribution in [0.2, 0.25) is 10.2 Å². The van der Waals surface area contributed by atoms with E-state index in [9.17, 15) is 14.4 Å². The van der Waals surface area contributed by atoms with Crippen LogP contribution in [-0.2, 0) is 19.7 Å². The SMILES string of the molecule is COC(=O)Nc1ccc2c(c1)NC(=O)CC/C=C/CC1(CC1NC(=O)/C=C/c1cc(Cl)cnc1N)c1nc-2c(Cl)[nH]1. The minimum Gasteiger partial charge on any atom is -0.453 e. The van der Waals surface area contributed by atoms with E-state index < -0.39 is 11.5 Å². The van der Waals surface area contributed by atoms with Crippen LogP contribution in [0.25, 0.3) is 17.3 Å². The van der Waals surface area contributed by atoms with Gasteiger partial charge in [-0.3, -0.25) is 14.9 Å². The Hall–Kier alpha value is -4.35. The lowest BCUT2D eigenvalue weighted by atomic mass is 9.99. The van der Waals surface area contributed by atoms with Gasteiger partial charge in [-0.05, 0) is 49.6 Å². The third-order valence-electron chi connectivity index (χ3n) is 7.02. The fourth-order valence-corrected chi connectivity index (χ4v) is 5.17. The summed E-state index contributed by atoms with van der Waals surface area (Å²) in [7, 11) is 1.26. The molecule has 2 unspecified atom stereocenters. The summed E-state index contributed by atoms with van der Waals surface area (Å²) in [4.78, 5) is 49.3. The van der Waals surface area contributed by atoms with Gasteiger partial charge in [0.05, 0.1) is 23.2 Å². The Bertz CT molecular complexity index is 1590. The number of ether oxygens (including phenoxy) is 1. The molecule has 1 aromatic carbocycles. The molecule has 3 heterocycles. The monoisotopic (exact) mass is 595 g/mol. The van der Waals surface area contributed by atoms with E-state index in [0.29, 0.717) is 58.3 Å². The minimum atomic E-state index is -0.641. The standard InChI is InChI=1S/C28H27Cl2N7O4/c1-41-27(40)33-17-7-8-18-19(12-17)34-21(38)5-3-2-4-10-28(26-36-23(18)24(30)37-26)13-20(28)35-22(39)9-6-15-11-16(29)14-32-25(15)31/h2,4,6-9,11-12,14,20H,3,5,10,13H2,1H3,(H2,31,32)(H,33,40)(H,34,38)(H,35,39)(H,36,37)/b4-2+,9-6+. The van der Waals surface area contributed by atoms with Crippen molar-refractivity contribution in [3.05, 3.63) is 70.3 Å². The summed E-state index contributed by atoms with van der Waals surface area (Å²) in [6.07, 6.45) is 9.66. The molecule has 11 nitrogen and oxygen atoms in total. The number of fused-ring (bicyclic) bond motifs is 5. The lowest BCUT2D eigenvalue weighted by Gasteiger charge is -2.13. The van der Waals surface area contributed by atoms with Crippen LogP contribution in [0.1, 0.15) is 37.1 Å². The van der Waals surface area contributed by atoms with E-state index in [1.165, 1.54) is 19.4 Å². The van der Waals surface area contributed by atoms with Gasteiger partial charge < -0.3 is 26.1 Å². The molecular formula is C28H27Cl2N7O4. The number of rotatable bonds is 4. The van der Waals surface area contributed by atoms with E-state index in [0.717, 1.165) is 0 Å². The number of nitrogen functional groups attached to an aromatic ring is 1. The molecule has 1 fully saturated rings. The first-order valence-corrected chi connectivity index (χ1v) is 13.5. The quantitative estimate of drug-likeness (QED) is 0.208. The topological polar surface area (TPSA) is 164 Å². The number of nitrogens with zero attached hydrogens (tertiary/aromatic N) is 2. The van der Waals surface area contributed by atoms with Crippen molar-refractivity contribution < 1.29 is 19.1 Å². The van der Waals surface area contributed by atoms with Gasteiger partial charge in [-0.2, -0.15) is 0 Å². The first-order valence-electron chi connectivity index (χ1n) is 12.8. The second-order valence-electron chi connectivity index (χ2n) is 9.77. The van der Waals surface area contributed by atoms with E-state index >= 15 is 0 Å². The number of imidazole rings is 1. The molecule has 1 saturated carbocycles. The van der Waals surface area contributed by atoms with Crippen LogP contribution in [-0.4, -0.2) is 46.0 Å². The fourth-order valence-electron chi connectivity index (χ4n) is 4.77. The van der Waals surface area contributed by atoms with Crippen LogP contribution in [0.3, 0.4) is 0 Å². The van der Waals surface area contributed by atoms with Crippen molar-refractivity contribution in [2.75, 3.05) is 23.5 Å². The number of nitrogens with two attached hydrogens (primary N) is 1. The first-order chi connectivity index (χ1) is 19.7. The number of hydrogen-bond acceptors (Lipinski definition) is 7. The van der Waals surface area contributed by atoms with Crippen molar-refractivity contribution in [2.24, 2.45) is 0 Å². The van der Waals surface area contributed by atoms with Crippen LogP contribution < -0.4 is 21.7 Å². The summed E-state index contributed by atoms with van der Waals surface area (Å²) < 4.78 is 4.67. The maximum atomic E-state index is 12.8. The van der Waals surface area contributed by atoms with Crippen molar-refractivity contribution in [3.63, 3.8) is 0 Å². The maximum absolute atomic E-state index is 12.8. The van der Waals surface area contributed by atoms with Crippen LogP contribution >= 0.6 is 23.2 Å². The van der Waals surface area contributed by atoms with E-state index in [1.807, 2.05) is 12.2 Å². The van der Waals surface area contributed by atoms with Crippen molar-refractivity contribution in [3.8, 4) is 11.3 Å². The number of allylic oxidation sites excluding steroid dienone is 2. The molecule has 2 bridgehead atoms. The van der Waals surface area contributed by atoms with Gasteiger partial charge in [0.15, 0.2) is 0 Å². The molecule has 6 N–H and O–H groups in total. The summed E-state index contributed by atoms with van der Waals surface area (Å²) in [5.41, 5.74) is 7.76. The zero-order chi connectivity index (χ0) is 29.1. The minimum absolute atomic E-state index is 0.203. The Kier molecular flexibility index (Phi) is 8.00. The number of nitrogens with one attached hydrogen (secondary N) is 4. The zero-order valence-electron chi connectivity index (χ0n) is 22.0. The predicted molar refractivity (Wildman–Crippen MR) is 158 cm³/mol. The number of hydrogen-bond donors (Lipinski definition) is 5. The molecule has 0 saturated heterocycles. The summed E-state index contributed by atoms with van der Waals surface area (Å²) in [5.74, 6) is 0.376. The molecule has 1 aliphatic heterocycles. The first kappa shape index (κ1) is 28.2. The average Bonchev–Trinajstić information content (AvgIpc) is 3.48. The molecule has 3 amide bonds. The van der Waals surface area contributed by atoms with Crippen molar-refractivity contribution >= 4 is 64.4 Å². The average molecular weight is 596 g/mol. The number of H-pyrrole nitrogens is 1. The summed E-state index contributed by atoms with van der Waals surface area (Å²) >= 11 is 12.6. The number of aromatic amines is 1. The molecule has 13 heteroatoms. The Balaban J connectivity index is 1.43. The van der Waals surface area contributed by atoms with Gasteiger partial charge in [0, 0.05) is 41.5 Å². The zero-order valence-corrected chi connectivity index (χ0v) is 23.5. The third-order valence-corrected chi connectivity index (χ3v) is 7.50. The van der Waals surface area contributed by atoms with Crippen LogP contribution in [0.15, 0.2) is 48.7 Å². The third kappa shape index (κ3) is 6.21. The molecule has 1 spiro atoms. The largest absolute Gasteiger partial charge is 0.453 e. The Morgan fingerprint density at radius 1 is 1.24 bits per heavy atom. The number of carbonyl (C=O) groups excluding carboxylic acids is 3. The maximum Gasteiger partial charge on any atom is 0.411 e. The van der Waals surface area contributed by atoms with E-state index in [4.69, 9.17) is 33.9 Å².